The van der Waals surface area contributed by atoms with Crippen LogP contribution in [0.25, 0.3) is 0 Å². The molecule has 20 heavy (non-hydrogen) atoms. The Morgan fingerprint density at radius 2 is 2.05 bits per heavy atom. The van der Waals surface area contributed by atoms with Crippen LogP contribution in [-0.4, -0.2) is 29.0 Å². The second-order valence-corrected chi connectivity index (χ2v) is 6.26. The van der Waals surface area contributed by atoms with Crippen LogP contribution in [0.15, 0.2) is 18.2 Å². The molecule has 2 heterocycles. The Morgan fingerprint density at radius 1 is 1.25 bits per heavy atom. The second kappa shape index (κ2) is 7.75. The molecule has 3 nitrogen and oxygen atoms in total. The molecule has 0 amide bonds. The molecule has 0 aliphatic carbocycles. The van der Waals surface area contributed by atoms with Gasteiger partial charge in [0.1, 0.15) is 0 Å². The molecule has 0 aromatic carbocycles. The van der Waals surface area contributed by atoms with E-state index in [4.69, 9.17) is 4.98 Å². The molecule has 1 fully saturated rings. The predicted octanol–water partition coefficient (Wildman–Crippen LogP) is 3.20. The molecule has 2 atom stereocenters. The van der Waals surface area contributed by atoms with Crippen molar-refractivity contribution in [2.45, 2.75) is 59.2 Å². The zero-order valence-electron chi connectivity index (χ0n) is 13.2. The van der Waals surface area contributed by atoms with Gasteiger partial charge in [-0.25, -0.2) is 0 Å². The van der Waals surface area contributed by atoms with Gasteiger partial charge in [0.25, 0.3) is 0 Å². The van der Waals surface area contributed by atoms with Crippen LogP contribution in [0.5, 0.6) is 0 Å². The molecule has 1 saturated heterocycles. The van der Waals surface area contributed by atoms with E-state index in [1.807, 2.05) is 0 Å². The lowest BCUT2D eigenvalue weighted by atomic mass is 9.95. The highest BCUT2D eigenvalue weighted by atomic mass is 15.2. The third-order valence-corrected chi connectivity index (χ3v) is 4.21. The second-order valence-electron chi connectivity index (χ2n) is 6.26. The fourth-order valence-electron chi connectivity index (χ4n) is 2.92. The molecule has 0 spiro atoms. The van der Waals surface area contributed by atoms with Crippen molar-refractivity contribution in [2.75, 3.05) is 13.1 Å². The van der Waals surface area contributed by atoms with Gasteiger partial charge in [-0.15, -0.1) is 0 Å². The highest BCUT2D eigenvalue weighted by Gasteiger charge is 2.22. The van der Waals surface area contributed by atoms with Crippen LogP contribution in [0.4, 0.5) is 0 Å². The number of aromatic nitrogens is 1. The number of nitrogens with one attached hydrogen (secondary N) is 1. The van der Waals surface area contributed by atoms with Crippen molar-refractivity contribution in [3.63, 3.8) is 0 Å². The van der Waals surface area contributed by atoms with E-state index in [1.54, 1.807) is 0 Å². The Bertz CT molecular complexity index is 405. The number of nitrogens with zero attached hydrogens (tertiary/aromatic N) is 2. The standard InChI is InChI=1S/C17H29N3/c1-4-10-18-11-16-6-5-7-17(19-16)13-20-12-14(2)8-9-15(20)3/h5-7,14-15,18H,4,8-13H2,1-3H3. The number of hydrogen-bond donors (Lipinski definition) is 1. The Balaban J connectivity index is 1.93. The van der Waals surface area contributed by atoms with Gasteiger partial charge in [0.15, 0.2) is 0 Å². The van der Waals surface area contributed by atoms with Gasteiger partial charge in [-0.05, 0) is 50.8 Å². The van der Waals surface area contributed by atoms with Crippen molar-refractivity contribution in [2.24, 2.45) is 5.92 Å². The minimum Gasteiger partial charge on any atom is -0.311 e. The normalized spacial score (nSPS) is 23.9. The molecule has 1 aromatic rings. The van der Waals surface area contributed by atoms with Crippen molar-refractivity contribution < 1.29 is 0 Å². The maximum Gasteiger partial charge on any atom is 0.0547 e. The van der Waals surface area contributed by atoms with Crippen molar-refractivity contribution in [1.82, 2.24) is 15.2 Å². The largest absolute Gasteiger partial charge is 0.311 e. The van der Waals surface area contributed by atoms with Crippen LogP contribution in [0.2, 0.25) is 0 Å². The average molecular weight is 275 g/mol. The van der Waals surface area contributed by atoms with E-state index in [1.165, 1.54) is 31.5 Å². The molecule has 1 N–H and O–H groups in total. The van der Waals surface area contributed by atoms with Crippen LogP contribution < -0.4 is 5.32 Å². The summed E-state index contributed by atoms with van der Waals surface area (Å²) < 4.78 is 0. The van der Waals surface area contributed by atoms with Gasteiger partial charge in [-0.2, -0.15) is 0 Å². The summed E-state index contributed by atoms with van der Waals surface area (Å²) in [7, 11) is 0. The molecule has 112 valence electrons. The zero-order valence-corrected chi connectivity index (χ0v) is 13.2. The number of piperidine rings is 1. The van der Waals surface area contributed by atoms with E-state index in [0.717, 1.165) is 31.2 Å². The summed E-state index contributed by atoms with van der Waals surface area (Å²) in [4.78, 5) is 7.38. The zero-order chi connectivity index (χ0) is 14.4. The Labute approximate surface area is 123 Å². The van der Waals surface area contributed by atoms with Gasteiger partial charge in [0.2, 0.25) is 0 Å². The number of rotatable bonds is 6. The molecule has 2 rings (SSSR count). The van der Waals surface area contributed by atoms with Crippen molar-refractivity contribution in [1.29, 1.82) is 0 Å². The van der Waals surface area contributed by atoms with Crippen LogP contribution in [0.1, 0.15) is 51.4 Å². The Hall–Kier alpha value is -0.930. The maximum absolute atomic E-state index is 4.79. The lowest BCUT2D eigenvalue weighted by Crippen LogP contribution is -2.40. The summed E-state index contributed by atoms with van der Waals surface area (Å²) in [5, 5.41) is 3.42. The molecule has 2 unspecified atom stereocenters. The summed E-state index contributed by atoms with van der Waals surface area (Å²) in [5.74, 6) is 0.820. The fraction of sp³-hybridized carbons (Fsp3) is 0.706. The van der Waals surface area contributed by atoms with E-state index < -0.39 is 0 Å². The third-order valence-electron chi connectivity index (χ3n) is 4.21. The topological polar surface area (TPSA) is 28.2 Å². The summed E-state index contributed by atoms with van der Waals surface area (Å²) in [6, 6.07) is 7.11. The van der Waals surface area contributed by atoms with Crippen LogP contribution in [0.3, 0.4) is 0 Å². The first kappa shape index (κ1) is 15.5. The van der Waals surface area contributed by atoms with Gasteiger partial charge in [-0.3, -0.25) is 9.88 Å². The van der Waals surface area contributed by atoms with Crippen LogP contribution >= 0.6 is 0 Å². The predicted molar refractivity (Wildman–Crippen MR) is 84.5 cm³/mol. The molecule has 1 aliphatic rings. The quantitative estimate of drug-likeness (QED) is 0.808. The van der Waals surface area contributed by atoms with Crippen molar-refractivity contribution >= 4 is 0 Å². The van der Waals surface area contributed by atoms with Crippen LogP contribution in [0, 0.1) is 5.92 Å². The molecule has 1 aromatic heterocycles. The van der Waals surface area contributed by atoms with Gasteiger partial charge < -0.3 is 5.32 Å². The van der Waals surface area contributed by atoms with E-state index in [2.05, 4.69) is 49.2 Å². The summed E-state index contributed by atoms with van der Waals surface area (Å²) in [6.45, 7) is 11.0. The van der Waals surface area contributed by atoms with Gasteiger partial charge >= 0.3 is 0 Å². The highest BCUT2D eigenvalue weighted by Crippen LogP contribution is 2.22. The summed E-state index contributed by atoms with van der Waals surface area (Å²) in [5.41, 5.74) is 2.37. The maximum atomic E-state index is 4.79. The highest BCUT2D eigenvalue weighted by molar-refractivity contribution is 5.11. The van der Waals surface area contributed by atoms with Crippen molar-refractivity contribution in [3.05, 3.63) is 29.6 Å². The van der Waals surface area contributed by atoms with E-state index in [9.17, 15) is 0 Å². The number of pyridine rings is 1. The molecule has 0 bridgehead atoms. The van der Waals surface area contributed by atoms with E-state index in [-0.39, 0.29) is 0 Å². The minimum absolute atomic E-state index is 0.690. The average Bonchev–Trinajstić information content (AvgIpc) is 2.44. The lowest BCUT2D eigenvalue weighted by molar-refractivity contribution is 0.116. The fourth-order valence-corrected chi connectivity index (χ4v) is 2.92. The minimum atomic E-state index is 0.690. The van der Waals surface area contributed by atoms with E-state index in [0.29, 0.717) is 6.04 Å². The first-order valence-corrected chi connectivity index (χ1v) is 8.08. The molecule has 3 heteroatoms. The first-order valence-electron chi connectivity index (χ1n) is 8.08. The summed E-state index contributed by atoms with van der Waals surface area (Å²) >= 11 is 0. The molecular weight excluding hydrogens is 246 g/mol. The Kier molecular flexibility index (Phi) is 5.99. The van der Waals surface area contributed by atoms with Gasteiger partial charge in [-0.1, -0.05) is 19.9 Å². The monoisotopic (exact) mass is 275 g/mol. The number of hydrogen-bond acceptors (Lipinski definition) is 3. The molecule has 1 aliphatic heterocycles. The summed E-state index contributed by atoms with van der Waals surface area (Å²) in [6.07, 6.45) is 3.86. The van der Waals surface area contributed by atoms with Crippen molar-refractivity contribution in [3.8, 4) is 0 Å². The molecule has 0 saturated carbocycles. The molecular formula is C17H29N3. The smallest absolute Gasteiger partial charge is 0.0547 e. The van der Waals surface area contributed by atoms with Gasteiger partial charge in [0.05, 0.1) is 11.4 Å². The Morgan fingerprint density at radius 3 is 2.85 bits per heavy atom. The van der Waals surface area contributed by atoms with E-state index >= 15 is 0 Å². The lowest BCUT2D eigenvalue weighted by Gasteiger charge is -2.36. The molecule has 0 radical (unpaired) electrons. The third kappa shape index (κ3) is 4.57. The SMILES string of the molecule is CCCNCc1cccc(CN2CC(C)CCC2C)n1. The first-order chi connectivity index (χ1) is 9.69. The van der Waals surface area contributed by atoms with Crippen LogP contribution in [-0.2, 0) is 13.1 Å². The van der Waals surface area contributed by atoms with Gasteiger partial charge in [0, 0.05) is 25.7 Å². The number of likely N-dealkylation sites (tertiary alicyclic amines) is 1.